The van der Waals surface area contributed by atoms with Crippen LogP contribution in [0, 0.1) is 5.92 Å². The van der Waals surface area contributed by atoms with E-state index in [1.807, 2.05) is 25.1 Å². The molecule has 1 rings (SSSR count). The van der Waals surface area contributed by atoms with Crippen molar-refractivity contribution in [3.8, 4) is 5.75 Å². The molecule has 0 spiro atoms. The third kappa shape index (κ3) is 4.96. The van der Waals surface area contributed by atoms with Gasteiger partial charge in [0.15, 0.2) is 0 Å². The minimum Gasteiger partial charge on any atom is -0.494 e. The Hall–Kier alpha value is -1.22. The van der Waals surface area contributed by atoms with Crippen molar-refractivity contribution in [3.05, 3.63) is 23.8 Å². The number of nitrogens with two attached hydrogens (primary N) is 1. The lowest BCUT2D eigenvalue weighted by Gasteiger charge is -2.20. The molecular weight excluding hydrogens is 224 g/mol. The van der Waals surface area contributed by atoms with Crippen LogP contribution in [0.15, 0.2) is 18.2 Å². The van der Waals surface area contributed by atoms with Gasteiger partial charge in [-0.05, 0) is 51.1 Å². The SMILES string of the molecule is CCOc1ccc(N)cc1CN(C)CCC(C)C. The van der Waals surface area contributed by atoms with Crippen molar-refractivity contribution in [1.29, 1.82) is 0 Å². The first-order chi connectivity index (χ1) is 8.52. The van der Waals surface area contributed by atoms with E-state index in [9.17, 15) is 0 Å². The highest BCUT2D eigenvalue weighted by molar-refractivity contribution is 5.47. The minimum absolute atomic E-state index is 0.687. The first-order valence-corrected chi connectivity index (χ1v) is 6.72. The molecular formula is C15H26N2O. The Kier molecular flexibility index (Phi) is 5.99. The topological polar surface area (TPSA) is 38.5 Å². The van der Waals surface area contributed by atoms with Gasteiger partial charge in [0.25, 0.3) is 0 Å². The molecule has 0 amide bonds. The normalized spacial score (nSPS) is 11.2. The van der Waals surface area contributed by atoms with Gasteiger partial charge in [-0.1, -0.05) is 13.8 Å². The van der Waals surface area contributed by atoms with Gasteiger partial charge in [0, 0.05) is 17.8 Å². The van der Waals surface area contributed by atoms with Crippen molar-refractivity contribution >= 4 is 5.69 Å². The first-order valence-electron chi connectivity index (χ1n) is 6.72. The maximum atomic E-state index is 5.85. The second-order valence-corrected chi connectivity index (χ2v) is 5.22. The van der Waals surface area contributed by atoms with Gasteiger partial charge in [0.1, 0.15) is 5.75 Å². The van der Waals surface area contributed by atoms with Crippen LogP contribution in [0.4, 0.5) is 5.69 Å². The lowest BCUT2D eigenvalue weighted by Crippen LogP contribution is -2.21. The molecule has 102 valence electrons. The Labute approximate surface area is 111 Å². The zero-order valence-electron chi connectivity index (χ0n) is 12.1. The van der Waals surface area contributed by atoms with Crippen LogP contribution in [-0.4, -0.2) is 25.1 Å². The molecule has 1 aromatic carbocycles. The highest BCUT2D eigenvalue weighted by atomic mass is 16.5. The Bertz CT molecular complexity index is 364. The molecule has 18 heavy (non-hydrogen) atoms. The second-order valence-electron chi connectivity index (χ2n) is 5.22. The van der Waals surface area contributed by atoms with Crippen molar-refractivity contribution in [1.82, 2.24) is 4.90 Å². The van der Waals surface area contributed by atoms with Gasteiger partial charge < -0.3 is 15.4 Å². The monoisotopic (exact) mass is 250 g/mol. The molecule has 1 aromatic rings. The van der Waals surface area contributed by atoms with E-state index >= 15 is 0 Å². The van der Waals surface area contributed by atoms with Crippen LogP contribution in [0.3, 0.4) is 0 Å². The van der Waals surface area contributed by atoms with Crippen LogP contribution < -0.4 is 10.5 Å². The van der Waals surface area contributed by atoms with Crippen molar-refractivity contribution in [3.63, 3.8) is 0 Å². The average Bonchev–Trinajstić information content (AvgIpc) is 2.30. The van der Waals surface area contributed by atoms with E-state index in [-0.39, 0.29) is 0 Å². The summed E-state index contributed by atoms with van der Waals surface area (Å²) < 4.78 is 5.64. The quantitative estimate of drug-likeness (QED) is 0.756. The van der Waals surface area contributed by atoms with Crippen LogP contribution in [0.25, 0.3) is 0 Å². The summed E-state index contributed by atoms with van der Waals surface area (Å²) in [6.45, 7) is 9.17. The van der Waals surface area contributed by atoms with Gasteiger partial charge in [0.05, 0.1) is 6.61 Å². The number of nitrogen functional groups attached to an aromatic ring is 1. The van der Waals surface area contributed by atoms with E-state index in [1.165, 1.54) is 12.0 Å². The Morgan fingerprint density at radius 1 is 1.33 bits per heavy atom. The molecule has 3 nitrogen and oxygen atoms in total. The summed E-state index contributed by atoms with van der Waals surface area (Å²) in [5.74, 6) is 1.68. The number of nitrogens with zero attached hydrogens (tertiary/aromatic N) is 1. The number of anilines is 1. The Morgan fingerprint density at radius 2 is 2.06 bits per heavy atom. The average molecular weight is 250 g/mol. The number of hydrogen-bond acceptors (Lipinski definition) is 3. The summed E-state index contributed by atoms with van der Waals surface area (Å²) in [6, 6.07) is 5.87. The van der Waals surface area contributed by atoms with E-state index in [1.54, 1.807) is 0 Å². The summed E-state index contributed by atoms with van der Waals surface area (Å²) in [4.78, 5) is 2.32. The molecule has 0 atom stereocenters. The molecule has 0 aliphatic carbocycles. The predicted octanol–water partition coefficient (Wildman–Crippen LogP) is 3.15. The van der Waals surface area contributed by atoms with Crippen molar-refractivity contribution in [2.45, 2.75) is 33.7 Å². The molecule has 0 bridgehead atoms. The fourth-order valence-electron chi connectivity index (χ4n) is 1.87. The van der Waals surface area contributed by atoms with Crippen LogP contribution in [0.1, 0.15) is 32.8 Å². The van der Waals surface area contributed by atoms with Gasteiger partial charge >= 0.3 is 0 Å². The van der Waals surface area contributed by atoms with Gasteiger partial charge in [-0.15, -0.1) is 0 Å². The number of benzene rings is 1. The number of rotatable bonds is 7. The van der Waals surface area contributed by atoms with Gasteiger partial charge in [-0.3, -0.25) is 0 Å². The molecule has 0 saturated heterocycles. The fourth-order valence-corrected chi connectivity index (χ4v) is 1.87. The predicted molar refractivity (Wildman–Crippen MR) is 77.8 cm³/mol. The minimum atomic E-state index is 0.687. The van der Waals surface area contributed by atoms with E-state index in [0.717, 1.165) is 30.4 Å². The number of hydrogen-bond donors (Lipinski definition) is 1. The van der Waals surface area contributed by atoms with E-state index in [4.69, 9.17) is 10.5 Å². The lowest BCUT2D eigenvalue weighted by molar-refractivity contribution is 0.289. The zero-order valence-corrected chi connectivity index (χ0v) is 12.1. The molecule has 0 radical (unpaired) electrons. The van der Waals surface area contributed by atoms with Crippen LogP contribution in [0.2, 0.25) is 0 Å². The maximum Gasteiger partial charge on any atom is 0.123 e. The molecule has 0 aromatic heterocycles. The fraction of sp³-hybridized carbons (Fsp3) is 0.600. The second kappa shape index (κ2) is 7.27. The standard InChI is InChI=1S/C15H26N2O/c1-5-18-15-7-6-14(16)10-13(15)11-17(4)9-8-12(2)3/h6-7,10,12H,5,8-9,11,16H2,1-4H3. The summed E-state index contributed by atoms with van der Waals surface area (Å²) in [6.07, 6.45) is 1.21. The Morgan fingerprint density at radius 3 is 2.67 bits per heavy atom. The van der Waals surface area contributed by atoms with E-state index in [0.29, 0.717) is 6.61 Å². The smallest absolute Gasteiger partial charge is 0.123 e. The molecule has 0 aliphatic rings. The van der Waals surface area contributed by atoms with E-state index < -0.39 is 0 Å². The van der Waals surface area contributed by atoms with Crippen molar-refractivity contribution in [2.24, 2.45) is 5.92 Å². The molecule has 3 heteroatoms. The van der Waals surface area contributed by atoms with Gasteiger partial charge in [-0.2, -0.15) is 0 Å². The highest BCUT2D eigenvalue weighted by Crippen LogP contribution is 2.23. The first kappa shape index (κ1) is 14.8. The lowest BCUT2D eigenvalue weighted by atomic mass is 10.1. The molecule has 0 aliphatic heterocycles. The summed E-state index contributed by atoms with van der Waals surface area (Å²) in [5, 5.41) is 0. The van der Waals surface area contributed by atoms with E-state index in [2.05, 4.69) is 25.8 Å². The highest BCUT2D eigenvalue weighted by Gasteiger charge is 2.08. The zero-order chi connectivity index (χ0) is 13.5. The number of ether oxygens (including phenoxy) is 1. The van der Waals surface area contributed by atoms with Crippen LogP contribution >= 0.6 is 0 Å². The Balaban J connectivity index is 2.66. The summed E-state index contributed by atoms with van der Waals surface area (Å²) in [5.41, 5.74) is 7.81. The third-order valence-electron chi connectivity index (χ3n) is 2.91. The van der Waals surface area contributed by atoms with Gasteiger partial charge in [-0.25, -0.2) is 0 Å². The molecule has 0 saturated carbocycles. The van der Waals surface area contributed by atoms with Crippen LogP contribution in [0.5, 0.6) is 5.75 Å². The summed E-state index contributed by atoms with van der Waals surface area (Å²) >= 11 is 0. The van der Waals surface area contributed by atoms with Crippen LogP contribution in [-0.2, 0) is 6.54 Å². The van der Waals surface area contributed by atoms with Gasteiger partial charge in [0.2, 0.25) is 0 Å². The van der Waals surface area contributed by atoms with Crippen molar-refractivity contribution in [2.75, 3.05) is 25.9 Å². The third-order valence-corrected chi connectivity index (χ3v) is 2.91. The summed E-state index contributed by atoms with van der Waals surface area (Å²) in [7, 11) is 2.14. The largest absolute Gasteiger partial charge is 0.494 e. The molecule has 0 unspecified atom stereocenters. The maximum absolute atomic E-state index is 5.85. The molecule has 0 heterocycles. The molecule has 0 fully saturated rings. The molecule has 2 N–H and O–H groups in total. The van der Waals surface area contributed by atoms with Crippen molar-refractivity contribution < 1.29 is 4.74 Å².